The van der Waals surface area contributed by atoms with Crippen LogP contribution in [0.5, 0.6) is 5.75 Å². The lowest BCUT2D eigenvalue weighted by molar-refractivity contribution is -0.118. The predicted molar refractivity (Wildman–Crippen MR) is 122 cm³/mol. The van der Waals surface area contributed by atoms with Crippen LogP contribution < -0.4 is 15.4 Å². The monoisotopic (exact) mass is 466 g/mol. The van der Waals surface area contributed by atoms with Crippen molar-refractivity contribution in [3.8, 4) is 5.75 Å². The molecule has 154 valence electrons. The number of hydrogen-bond acceptors (Lipinski definition) is 3. The Morgan fingerprint density at radius 1 is 1.00 bits per heavy atom. The summed E-state index contributed by atoms with van der Waals surface area (Å²) in [4.78, 5) is 24.6. The lowest BCUT2D eigenvalue weighted by Gasteiger charge is -2.14. The maximum Gasteiger partial charge on any atom is 0.262 e. The Morgan fingerprint density at radius 2 is 1.70 bits per heavy atom. The van der Waals surface area contributed by atoms with Crippen molar-refractivity contribution in [2.24, 2.45) is 0 Å². The minimum atomic E-state index is -0.273. The molecule has 0 aliphatic rings. The fraction of sp³-hybridized carbons (Fsp3) is 0.167. The van der Waals surface area contributed by atoms with E-state index in [-0.39, 0.29) is 24.5 Å². The summed E-state index contributed by atoms with van der Waals surface area (Å²) in [6.07, 6.45) is 0. The molecule has 2 N–H and O–H groups in total. The number of carbonyl (C=O) groups is 2. The first-order valence-electron chi connectivity index (χ1n) is 9.57. The minimum absolute atomic E-state index is 0.0993. The standard InChI is InChI=1S/C24H23BrN2O3/c1-16-14-21(12-13-22(16)25)30-15-23(28)27-20-10-8-19(9-11-20)24(29)26-17(2)18-6-4-3-5-7-18/h3-14,17H,15H2,1-2H3,(H,26,29)(H,27,28). The topological polar surface area (TPSA) is 67.4 Å². The first-order valence-corrected chi connectivity index (χ1v) is 10.4. The molecule has 6 heteroatoms. The maximum atomic E-state index is 12.5. The summed E-state index contributed by atoms with van der Waals surface area (Å²) in [5.41, 5.74) is 3.19. The number of ether oxygens (including phenoxy) is 1. The third-order valence-corrected chi connectivity index (χ3v) is 5.47. The number of benzene rings is 3. The number of aryl methyl sites for hydroxylation is 1. The van der Waals surface area contributed by atoms with Gasteiger partial charge in [-0.3, -0.25) is 9.59 Å². The normalized spacial score (nSPS) is 11.4. The fourth-order valence-corrected chi connectivity index (χ4v) is 3.11. The molecule has 0 spiro atoms. The number of amides is 2. The molecule has 0 heterocycles. The van der Waals surface area contributed by atoms with Crippen LogP contribution in [0.15, 0.2) is 77.3 Å². The second-order valence-electron chi connectivity index (χ2n) is 6.93. The third-order valence-electron chi connectivity index (χ3n) is 4.58. The summed E-state index contributed by atoms with van der Waals surface area (Å²) in [5.74, 6) is 0.189. The summed E-state index contributed by atoms with van der Waals surface area (Å²) in [6.45, 7) is 3.79. The summed E-state index contributed by atoms with van der Waals surface area (Å²) in [7, 11) is 0. The van der Waals surface area contributed by atoms with Crippen LogP contribution in [-0.2, 0) is 4.79 Å². The summed E-state index contributed by atoms with van der Waals surface area (Å²) in [5, 5.41) is 5.74. The number of hydrogen-bond donors (Lipinski definition) is 2. The Morgan fingerprint density at radius 3 is 2.37 bits per heavy atom. The summed E-state index contributed by atoms with van der Waals surface area (Å²) >= 11 is 3.43. The number of rotatable bonds is 7. The average molecular weight is 467 g/mol. The van der Waals surface area contributed by atoms with E-state index in [2.05, 4.69) is 26.6 Å². The van der Waals surface area contributed by atoms with Gasteiger partial charge in [0.25, 0.3) is 11.8 Å². The van der Waals surface area contributed by atoms with E-state index in [0.29, 0.717) is 17.0 Å². The van der Waals surface area contributed by atoms with Crippen molar-refractivity contribution in [1.82, 2.24) is 5.32 Å². The molecule has 0 aliphatic heterocycles. The molecule has 0 saturated carbocycles. The largest absolute Gasteiger partial charge is 0.484 e. The van der Waals surface area contributed by atoms with E-state index in [0.717, 1.165) is 15.6 Å². The molecule has 3 aromatic rings. The van der Waals surface area contributed by atoms with Gasteiger partial charge in [0.1, 0.15) is 5.75 Å². The van der Waals surface area contributed by atoms with E-state index in [9.17, 15) is 9.59 Å². The van der Waals surface area contributed by atoms with Crippen LogP contribution in [0.1, 0.15) is 34.5 Å². The summed E-state index contributed by atoms with van der Waals surface area (Å²) in [6, 6.07) is 22.0. The van der Waals surface area contributed by atoms with Crippen molar-refractivity contribution in [3.63, 3.8) is 0 Å². The smallest absolute Gasteiger partial charge is 0.262 e. The van der Waals surface area contributed by atoms with Crippen LogP contribution in [0.3, 0.4) is 0 Å². The Bertz CT molecular complexity index is 1020. The number of carbonyl (C=O) groups excluding carboxylic acids is 2. The zero-order valence-corrected chi connectivity index (χ0v) is 18.4. The van der Waals surface area contributed by atoms with Crippen LogP contribution in [-0.4, -0.2) is 18.4 Å². The van der Waals surface area contributed by atoms with E-state index >= 15 is 0 Å². The van der Waals surface area contributed by atoms with Gasteiger partial charge in [0.05, 0.1) is 6.04 Å². The van der Waals surface area contributed by atoms with Crippen LogP contribution in [0.4, 0.5) is 5.69 Å². The highest BCUT2D eigenvalue weighted by Gasteiger charge is 2.12. The van der Waals surface area contributed by atoms with Gasteiger partial charge >= 0.3 is 0 Å². The van der Waals surface area contributed by atoms with Crippen molar-refractivity contribution < 1.29 is 14.3 Å². The Kier molecular flexibility index (Phi) is 7.25. The number of anilines is 1. The first kappa shape index (κ1) is 21.6. The fourth-order valence-electron chi connectivity index (χ4n) is 2.86. The van der Waals surface area contributed by atoms with Gasteiger partial charge in [0.2, 0.25) is 0 Å². The van der Waals surface area contributed by atoms with Crippen LogP contribution >= 0.6 is 15.9 Å². The molecule has 1 atom stereocenters. The van der Waals surface area contributed by atoms with E-state index in [4.69, 9.17) is 4.74 Å². The molecule has 0 aromatic heterocycles. The number of halogens is 1. The van der Waals surface area contributed by atoms with Gasteiger partial charge in [0.15, 0.2) is 6.61 Å². The van der Waals surface area contributed by atoms with E-state index < -0.39 is 0 Å². The van der Waals surface area contributed by atoms with Crippen molar-refractivity contribution >= 4 is 33.4 Å². The van der Waals surface area contributed by atoms with Crippen molar-refractivity contribution in [3.05, 3.63) is 94.0 Å². The zero-order chi connectivity index (χ0) is 21.5. The average Bonchev–Trinajstić information content (AvgIpc) is 2.75. The van der Waals surface area contributed by atoms with Crippen LogP contribution in [0, 0.1) is 6.92 Å². The Hall–Kier alpha value is -3.12. The lowest BCUT2D eigenvalue weighted by Crippen LogP contribution is -2.26. The molecular formula is C24H23BrN2O3. The van der Waals surface area contributed by atoms with E-state index in [1.807, 2.05) is 56.3 Å². The summed E-state index contributed by atoms with van der Waals surface area (Å²) < 4.78 is 6.51. The Balaban J connectivity index is 1.51. The highest BCUT2D eigenvalue weighted by Crippen LogP contribution is 2.21. The first-order chi connectivity index (χ1) is 14.4. The maximum absolute atomic E-state index is 12.5. The van der Waals surface area contributed by atoms with Crippen molar-refractivity contribution in [2.75, 3.05) is 11.9 Å². The molecular weight excluding hydrogens is 444 g/mol. The zero-order valence-electron chi connectivity index (χ0n) is 16.8. The van der Waals surface area contributed by atoms with Gasteiger partial charge in [-0.1, -0.05) is 46.3 Å². The molecule has 0 bridgehead atoms. The molecule has 30 heavy (non-hydrogen) atoms. The molecule has 0 saturated heterocycles. The SMILES string of the molecule is Cc1cc(OCC(=O)Nc2ccc(C(=O)NC(C)c3ccccc3)cc2)ccc1Br. The van der Waals surface area contributed by atoms with Crippen LogP contribution in [0.25, 0.3) is 0 Å². The van der Waals surface area contributed by atoms with Gasteiger partial charge in [-0.25, -0.2) is 0 Å². The highest BCUT2D eigenvalue weighted by molar-refractivity contribution is 9.10. The quantitative estimate of drug-likeness (QED) is 0.498. The predicted octanol–water partition coefficient (Wildman–Crippen LogP) is 5.27. The second kappa shape index (κ2) is 10.1. The molecule has 0 aliphatic carbocycles. The van der Waals surface area contributed by atoms with Crippen LogP contribution in [0.2, 0.25) is 0 Å². The molecule has 5 nitrogen and oxygen atoms in total. The molecule has 1 unspecified atom stereocenters. The highest BCUT2D eigenvalue weighted by atomic mass is 79.9. The minimum Gasteiger partial charge on any atom is -0.484 e. The lowest BCUT2D eigenvalue weighted by atomic mass is 10.1. The molecule has 3 aromatic carbocycles. The van der Waals surface area contributed by atoms with Gasteiger partial charge in [0, 0.05) is 15.7 Å². The Labute approximate surface area is 184 Å². The molecule has 3 rings (SSSR count). The molecule has 0 radical (unpaired) electrons. The third kappa shape index (κ3) is 5.94. The van der Waals surface area contributed by atoms with Crippen molar-refractivity contribution in [1.29, 1.82) is 0 Å². The van der Waals surface area contributed by atoms with Gasteiger partial charge in [-0.15, -0.1) is 0 Å². The van der Waals surface area contributed by atoms with Gasteiger partial charge in [-0.05, 0) is 67.4 Å². The number of nitrogens with one attached hydrogen (secondary N) is 2. The van der Waals surface area contributed by atoms with Crippen molar-refractivity contribution in [2.45, 2.75) is 19.9 Å². The molecule has 2 amide bonds. The van der Waals surface area contributed by atoms with Gasteiger partial charge < -0.3 is 15.4 Å². The van der Waals surface area contributed by atoms with Gasteiger partial charge in [-0.2, -0.15) is 0 Å². The second-order valence-corrected chi connectivity index (χ2v) is 7.79. The molecule has 0 fully saturated rings. The van der Waals surface area contributed by atoms with E-state index in [1.165, 1.54) is 0 Å². The van der Waals surface area contributed by atoms with E-state index in [1.54, 1.807) is 30.3 Å².